The first-order valence-corrected chi connectivity index (χ1v) is 13.1. The van der Waals surface area contributed by atoms with Gasteiger partial charge in [0.25, 0.3) is 0 Å². The molecule has 0 saturated heterocycles. The average molecular weight is 396 g/mol. The van der Waals surface area contributed by atoms with Crippen LogP contribution in [0, 0.1) is 0 Å². The van der Waals surface area contributed by atoms with Gasteiger partial charge in [-0.1, -0.05) is 86.6 Å². The van der Waals surface area contributed by atoms with E-state index in [1.165, 1.54) is 5.56 Å². The molecule has 3 nitrogen and oxygen atoms in total. The molecule has 28 heavy (non-hydrogen) atoms. The van der Waals surface area contributed by atoms with Crippen LogP contribution in [0.25, 0.3) is 0 Å². The zero-order valence-electron chi connectivity index (χ0n) is 17.9. The van der Waals surface area contributed by atoms with Crippen LogP contribution in [0.2, 0.25) is 18.1 Å². The number of benzene rings is 2. The van der Waals surface area contributed by atoms with Gasteiger partial charge in [0.05, 0.1) is 5.71 Å². The summed E-state index contributed by atoms with van der Waals surface area (Å²) in [6.07, 6.45) is 2.94. The van der Waals surface area contributed by atoms with E-state index in [0.29, 0.717) is 6.61 Å². The van der Waals surface area contributed by atoms with Crippen molar-refractivity contribution in [1.29, 1.82) is 0 Å². The summed E-state index contributed by atoms with van der Waals surface area (Å²) in [6.45, 7) is 12.0. The molecule has 1 aliphatic carbocycles. The maximum absolute atomic E-state index is 7.08. The molecule has 1 unspecified atom stereocenters. The molecule has 1 saturated carbocycles. The van der Waals surface area contributed by atoms with Gasteiger partial charge < -0.3 is 9.26 Å². The fraction of sp³-hybridized carbons (Fsp3) is 0.458. The van der Waals surface area contributed by atoms with Gasteiger partial charge in [0.15, 0.2) is 8.32 Å². The lowest BCUT2D eigenvalue weighted by atomic mass is 9.91. The molecule has 150 valence electrons. The van der Waals surface area contributed by atoms with E-state index < -0.39 is 13.9 Å². The van der Waals surface area contributed by atoms with Gasteiger partial charge in [0.1, 0.15) is 12.2 Å². The Morgan fingerprint density at radius 3 is 2.18 bits per heavy atom. The fourth-order valence-electron chi connectivity index (χ4n) is 3.51. The number of hydrogen-bond acceptors (Lipinski definition) is 3. The normalized spacial score (nSPS) is 21.8. The minimum absolute atomic E-state index is 0.132. The molecule has 0 radical (unpaired) electrons. The Morgan fingerprint density at radius 2 is 1.57 bits per heavy atom. The Bertz CT molecular complexity index is 796. The van der Waals surface area contributed by atoms with Gasteiger partial charge in [-0.15, -0.1) is 0 Å². The monoisotopic (exact) mass is 395 g/mol. The standard InChI is InChI=1S/C24H33NO2Si/c1-23(2,3)28(4,5)27-24(21-15-10-7-11-16-21)18-12-17-22(24)25-26-19-20-13-8-6-9-14-20/h6-11,13-16H,12,17-19H2,1-5H3/b25-22+. The predicted molar refractivity (Wildman–Crippen MR) is 119 cm³/mol. The molecule has 0 heterocycles. The minimum atomic E-state index is -2.01. The molecule has 0 aromatic heterocycles. The Balaban J connectivity index is 1.92. The van der Waals surface area contributed by atoms with E-state index in [2.05, 4.69) is 81.5 Å². The van der Waals surface area contributed by atoms with Crippen molar-refractivity contribution in [2.75, 3.05) is 0 Å². The molecule has 0 N–H and O–H groups in total. The van der Waals surface area contributed by atoms with E-state index in [9.17, 15) is 0 Å². The van der Waals surface area contributed by atoms with Crippen LogP contribution < -0.4 is 0 Å². The lowest BCUT2D eigenvalue weighted by Crippen LogP contribution is -2.50. The Morgan fingerprint density at radius 1 is 0.964 bits per heavy atom. The van der Waals surface area contributed by atoms with Gasteiger partial charge in [0, 0.05) is 0 Å². The van der Waals surface area contributed by atoms with Crippen molar-refractivity contribution in [3.63, 3.8) is 0 Å². The molecule has 2 aromatic carbocycles. The van der Waals surface area contributed by atoms with E-state index in [4.69, 9.17) is 9.26 Å². The van der Waals surface area contributed by atoms with Crippen molar-refractivity contribution in [3.8, 4) is 0 Å². The summed E-state index contributed by atoms with van der Waals surface area (Å²) >= 11 is 0. The van der Waals surface area contributed by atoms with E-state index in [0.717, 1.165) is 30.5 Å². The highest BCUT2D eigenvalue weighted by Gasteiger charge is 2.50. The topological polar surface area (TPSA) is 30.8 Å². The predicted octanol–water partition coefficient (Wildman–Crippen LogP) is 6.66. The molecule has 1 atom stereocenters. The van der Waals surface area contributed by atoms with Crippen LogP contribution in [0.5, 0.6) is 0 Å². The highest BCUT2D eigenvalue weighted by Crippen LogP contribution is 2.47. The summed E-state index contributed by atoms with van der Waals surface area (Å²) in [5.41, 5.74) is 2.88. The van der Waals surface area contributed by atoms with Crippen LogP contribution in [0.4, 0.5) is 0 Å². The SMILES string of the molecule is CC(C)(C)[Si](C)(C)OC1(c2ccccc2)CCC/C1=N\OCc1ccccc1. The van der Waals surface area contributed by atoms with Crippen LogP contribution in [-0.2, 0) is 21.5 Å². The third-order valence-corrected chi connectivity index (χ3v) is 10.6. The molecule has 4 heteroatoms. The van der Waals surface area contributed by atoms with Gasteiger partial charge >= 0.3 is 0 Å². The lowest BCUT2D eigenvalue weighted by Gasteiger charge is -2.44. The summed E-state index contributed by atoms with van der Waals surface area (Å²) in [4.78, 5) is 5.80. The maximum Gasteiger partial charge on any atom is 0.193 e. The first-order valence-electron chi connectivity index (χ1n) is 10.2. The molecule has 0 aliphatic heterocycles. The van der Waals surface area contributed by atoms with E-state index >= 15 is 0 Å². The molecule has 2 aromatic rings. The summed E-state index contributed by atoms with van der Waals surface area (Å²) in [6, 6.07) is 20.8. The van der Waals surface area contributed by atoms with E-state index in [1.54, 1.807) is 0 Å². The van der Waals surface area contributed by atoms with Crippen molar-refractivity contribution in [3.05, 3.63) is 71.8 Å². The largest absolute Gasteiger partial charge is 0.402 e. The number of hydrogen-bond donors (Lipinski definition) is 0. The van der Waals surface area contributed by atoms with Gasteiger partial charge in [0.2, 0.25) is 0 Å². The summed E-state index contributed by atoms with van der Waals surface area (Å²) in [5, 5.41) is 4.76. The lowest BCUT2D eigenvalue weighted by molar-refractivity contribution is 0.0986. The number of rotatable bonds is 6. The number of nitrogens with zero attached hydrogens (tertiary/aromatic N) is 1. The number of oxime groups is 1. The molecule has 1 aliphatic rings. The van der Waals surface area contributed by atoms with Gasteiger partial charge in [-0.3, -0.25) is 0 Å². The Hall–Kier alpha value is -1.91. The van der Waals surface area contributed by atoms with Crippen molar-refractivity contribution in [2.45, 2.75) is 70.4 Å². The highest BCUT2D eigenvalue weighted by molar-refractivity contribution is 6.74. The summed E-state index contributed by atoms with van der Waals surface area (Å²) in [7, 11) is -2.01. The molecule has 0 spiro atoms. The molecule has 3 rings (SSSR count). The molecular weight excluding hydrogens is 362 g/mol. The molecular formula is C24H33NO2Si. The second-order valence-electron chi connectivity index (χ2n) is 9.21. The molecule has 0 bridgehead atoms. The van der Waals surface area contributed by atoms with Gasteiger partial charge in [-0.05, 0) is 48.5 Å². The summed E-state index contributed by atoms with van der Waals surface area (Å²) in [5.74, 6) is 0. The highest BCUT2D eigenvalue weighted by atomic mass is 28.4. The zero-order chi connectivity index (χ0) is 20.3. The van der Waals surface area contributed by atoms with E-state index in [-0.39, 0.29) is 5.04 Å². The quantitative estimate of drug-likeness (QED) is 0.404. The van der Waals surface area contributed by atoms with Crippen LogP contribution in [0.3, 0.4) is 0 Å². The zero-order valence-corrected chi connectivity index (χ0v) is 18.9. The third-order valence-electron chi connectivity index (χ3n) is 6.13. The van der Waals surface area contributed by atoms with Crippen LogP contribution >= 0.6 is 0 Å². The summed E-state index contributed by atoms with van der Waals surface area (Å²) < 4.78 is 7.08. The maximum atomic E-state index is 7.08. The Kier molecular flexibility index (Phi) is 6.11. The van der Waals surface area contributed by atoms with Crippen molar-refractivity contribution in [2.24, 2.45) is 5.16 Å². The Labute approximate surface area is 170 Å². The van der Waals surface area contributed by atoms with Crippen LogP contribution in [0.15, 0.2) is 65.8 Å². The molecule has 1 fully saturated rings. The third kappa shape index (κ3) is 4.39. The molecule has 0 amide bonds. The van der Waals surface area contributed by atoms with Crippen molar-refractivity contribution >= 4 is 14.0 Å². The first-order chi connectivity index (χ1) is 13.2. The minimum Gasteiger partial charge on any atom is -0.402 e. The smallest absolute Gasteiger partial charge is 0.193 e. The van der Waals surface area contributed by atoms with Crippen molar-refractivity contribution in [1.82, 2.24) is 0 Å². The first kappa shape index (κ1) is 20.8. The van der Waals surface area contributed by atoms with Crippen LogP contribution in [-0.4, -0.2) is 14.0 Å². The van der Waals surface area contributed by atoms with E-state index in [1.807, 2.05) is 18.2 Å². The second-order valence-corrected chi connectivity index (χ2v) is 13.9. The average Bonchev–Trinajstić information content (AvgIpc) is 3.05. The van der Waals surface area contributed by atoms with Gasteiger partial charge in [-0.2, -0.15) is 0 Å². The van der Waals surface area contributed by atoms with Gasteiger partial charge in [-0.25, -0.2) is 0 Å². The fourth-order valence-corrected chi connectivity index (χ4v) is 5.02. The van der Waals surface area contributed by atoms with Crippen LogP contribution in [0.1, 0.15) is 51.2 Å². The second kappa shape index (κ2) is 8.22. The van der Waals surface area contributed by atoms with Crippen molar-refractivity contribution < 1.29 is 9.26 Å².